The van der Waals surface area contributed by atoms with Crippen molar-refractivity contribution in [1.82, 2.24) is 19.5 Å². The van der Waals surface area contributed by atoms with Crippen LogP contribution in [0.3, 0.4) is 0 Å². The molecule has 3 heterocycles. The molecule has 0 bridgehead atoms. The average Bonchev–Trinajstić information content (AvgIpc) is 3.39. The first-order valence-electron chi connectivity index (χ1n) is 10.6. The fourth-order valence-electron chi connectivity index (χ4n) is 4.14. The second kappa shape index (κ2) is 8.14. The third-order valence-corrected chi connectivity index (χ3v) is 5.77. The lowest BCUT2D eigenvalue weighted by Crippen LogP contribution is -2.33. The number of aryl methyl sites for hydroxylation is 2. The number of nitrogens with zero attached hydrogens (tertiary/aromatic N) is 3. The van der Waals surface area contributed by atoms with Crippen LogP contribution in [0, 0.1) is 6.92 Å². The first kappa shape index (κ1) is 21.4. The normalized spacial score (nSPS) is 14.5. The molecule has 0 aliphatic heterocycles. The monoisotopic (exact) mass is 460 g/mol. The zero-order valence-electron chi connectivity index (χ0n) is 18.4. The number of fused-ring (bicyclic) bond motifs is 2. The van der Waals surface area contributed by atoms with E-state index in [0.29, 0.717) is 17.3 Å². The summed E-state index contributed by atoms with van der Waals surface area (Å²) in [6, 6.07) is 6.02. The van der Waals surface area contributed by atoms with E-state index >= 15 is 0 Å². The maximum absolute atomic E-state index is 13.0. The highest BCUT2D eigenvalue weighted by Gasteiger charge is 2.30. The number of carbonyl (C=O) groups is 1. The van der Waals surface area contributed by atoms with E-state index < -0.39 is 23.1 Å². The number of benzene rings is 1. The fourth-order valence-corrected chi connectivity index (χ4v) is 4.14. The zero-order chi connectivity index (χ0) is 24.0. The molecular weight excluding hydrogens is 440 g/mol. The number of hydrogen-bond acceptors (Lipinski definition) is 7. The van der Waals surface area contributed by atoms with Gasteiger partial charge in [0.15, 0.2) is 17.3 Å². The minimum atomic E-state index is -1.24. The summed E-state index contributed by atoms with van der Waals surface area (Å²) in [6.45, 7) is 3.63. The lowest BCUT2D eigenvalue weighted by molar-refractivity contribution is 0.0690. The van der Waals surface area contributed by atoms with Crippen LogP contribution in [0.2, 0.25) is 0 Å². The molecule has 10 nitrogen and oxygen atoms in total. The second-order valence-electron chi connectivity index (χ2n) is 7.97. The molecule has 0 fully saturated rings. The number of hydrogen-bond donors (Lipinski definition) is 2. The Bertz CT molecular complexity index is 1570. The molecule has 3 aromatic heterocycles. The standard InChI is InChI=1S/C24H20N4O6/c1-3-13-4-6-15-14(8-13)5-7-18-21(25-12(2)34-18)20(15)16-9-28(24(32)27-22(16)29)10-19-26-17(11-33-19)23(30)31/h4-9,11,20H,3,10H2,1-2H3,(H,30,31)(H,27,29,32). The quantitative estimate of drug-likeness (QED) is 0.407. The van der Waals surface area contributed by atoms with Crippen LogP contribution in [0.1, 0.15) is 68.8 Å². The van der Waals surface area contributed by atoms with Gasteiger partial charge < -0.3 is 13.9 Å². The van der Waals surface area contributed by atoms with Crippen molar-refractivity contribution in [3.63, 3.8) is 0 Å². The number of carboxylic acids is 1. The minimum Gasteiger partial charge on any atom is -0.476 e. The first-order valence-corrected chi connectivity index (χ1v) is 10.6. The Morgan fingerprint density at radius 1 is 1.21 bits per heavy atom. The van der Waals surface area contributed by atoms with Crippen molar-refractivity contribution < 1.29 is 18.7 Å². The largest absolute Gasteiger partial charge is 0.476 e. The topological polar surface area (TPSA) is 144 Å². The van der Waals surface area contributed by atoms with E-state index in [-0.39, 0.29) is 23.7 Å². The van der Waals surface area contributed by atoms with Gasteiger partial charge in [0.05, 0.1) is 11.6 Å². The molecule has 172 valence electrons. The van der Waals surface area contributed by atoms with E-state index in [9.17, 15) is 14.4 Å². The summed E-state index contributed by atoms with van der Waals surface area (Å²) in [5.74, 6) is -0.830. The molecule has 1 aromatic carbocycles. The van der Waals surface area contributed by atoms with Crippen molar-refractivity contribution >= 4 is 18.1 Å². The maximum atomic E-state index is 13.0. The van der Waals surface area contributed by atoms with Crippen molar-refractivity contribution in [3.05, 3.63) is 103 Å². The molecule has 5 rings (SSSR count). The molecule has 0 saturated heterocycles. The van der Waals surface area contributed by atoms with Crippen LogP contribution in [0.5, 0.6) is 0 Å². The third kappa shape index (κ3) is 3.68. The molecule has 4 aromatic rings. The maximum Gasteiger partial charge on any atom is 0.357 e. The van der Waals surface area contributed by atoms with Crippen LogP contribution >= 0.6 is 0 Å². The summed E-state index contributed by atoms with van der Waals surface area (Å²) in [5, 5.41) is 9.06. The minimum absolute atomic E-state index is 0.0194. The van der Waals surface area contributed by atoms with Gasteiger partial charge in [0.1, 0.15) is 12.8 Å². The molecule has 34 heavy (non-hydrogen) atoms. The number of oxazole rings is 2. The van der Waals surface area contributed by atoms with Gasteiger partial charge in [0.2, 0.25) is 5.89 Å². The number of aromatic carboxylic acids is 1. The Balaban J connectivity index is 1.67. The molecule has 1 aliphatic carbocycles. The molecule has 0 spiro atoms. The molecule has 0 radical (unpaired) electrons. The van der Waals surface area contributed by atoms with E-state index in [2.05, 4.69) is 27.9 Å². The molecular formula is C24H20N4O6. The second-order valence-corrected chi connectivity index (χ2v) is 7.97. The van der Waals surface area contributed by atoms with Crippen molar-refractivity contribution in [2.75, 3.05) is 0 Å². The predicted octanol–water partition coefficient (Wildman–Crippen LogP) is 2.79. The summed E-state index contributed by atoms with van der Waals surface area (Å²) < 4.78 is 12.2. The Labute approximate surface area is 192 Å². The molecule has 0 saturated carbocycles. The summed E-state index contributed by atoms with van der Waals surface area (Å²) in [6.07, 6.45) is 7.05. The molecule has 10 heteroatoms. The van der Waals surface area contributed by atoms with Gasteiger partial charge in [-0.05, 0) is 29.2 Å². The Hall–Kier alpha value is -4.47. The number of aromatic nitrogens is 4. The van der Waals surface area contributed by atoms with Crippen molar-refractivity contribution in [2.45, 2.75) is 32.7 Å². The number of rotatable bonds is 5. The van der Waals surface area contributed by atoms with Crippen LogP contribution in [0.25, 0.3) is 12.2 Å². The van der Waals surface area contributed by atoms with E-state index in [1.54, 1.807) is 6.92 Å². The van der Waals surface area contributed by atoms with Gasteiger partial charge in [-0.1, -0.05) is 31.2 Å². The van der Waals surface area contributed by atoms with E-state index in [0.717, 1.165) is 29.4 Å². The molecule has 0 amide bonds. The number of aromatic amines is 1. The van der Waals surface area contributed by atoms with Crippen LogP contribution < -0.4 is 11.2 Å². The van der Waals surface area contributed by atoms with Gasteiger partial charge in [-0.2, -0.15) is 0 Å². The lowest BCUT2D eigenvalue weighted by atomic mass is 9.86. The van der Waals surface area contributed by atoms with Gasteiger partial charge >= 0.3 is 11.7 Å². The number of nitrogens with one attached hydrogen (secondary N) is 1. The van der Waals surface area contributed by atoms with E-state index in [1.807, 2.05) is 24.3 Å². The van der Waals surface area contributed by atoms with Crippen LogP contribution in [0.15, 0.2) is 49.1 Å². The van der Waals surface area contributed by atoms with Crippen molar-refractivity contribution in [1.29, 1.82) is 0 Å². The highest BCUT2D eigenvalue weighted by atomic mass is 16.4. The first-order chi connectivity index (χ1) is 16.3. The summed E-state index contributed by atoms with van der Waals surface area (Å²) in [5.41, 5.74) is 2.27. The lowest BCUT2D eigenvalue weighted by Gasteiger charge is -2.18. The van der Waals surface area contributed by atoms with Crippen molar-refractivity contribution in [3.8, 4) is 0 Å². The van der Waals surface area contributed by atoms with Gasteiger partial charge in [0, 0.05) is 18.7 Å². The Morgan fingerprint density at radius 3 is 2.76 bits per heavy atom. The van der Waals surface area contributed by atoms with E-state index in [1.165, 1.54) is 10.8 Å². The van der Waals surface area contributed by atoms with Crippen LogP contribution in [-0.4, -0.2) is 30.6 Å². The van der Waals surface area contributed by atoms with Crippen LogP contribution in [0.4, 0.5) is 0 Å². The van der Waals surface area contributed by atoms with E-state index in [4.69, 9.17) is 13.9 Å². The fraction of sp³-hybridized carbons (Fsp3) is 0.208. The predicted molar refractivity (Wildman–Crippen MR) is 121 cm³/mol. The highest BCUT2D eigenvalue weighted by molar-refractivity contribution is 5.84. The summed E-state index contributed by atoms with van der Waals surface area (Å²) in [4.78, 5) is 47.4. The highest BCUT2D eigenvalue weighted by Crippen LogP contribution is 2.38. The summed E-state index contributed by atoms with van der Waals surface area (Å²) >= 11 is 0. The molecule has 2 N–H and O–H groups in total. The smallest absolute Gasteiger partial charge is 0.357 e. The Morgan fingerprint density at radius 2 is 2.03 bits per heavy atom. The molecule has 1 atom stereocenters. The van der Waals surface area contributed by atoms with Crippen molar-refractivity contribution in [2.24, 2.45) is 0 Å². The number of H-pyrrole nitrogens is 1. The van der Waals surface area contributed by atoms with Gasteiger partial charge in [-0.15, -0.1) is 0 Å². The van der Waals surface area contributed by atoms with Gasteiger partial charge in [-0.3, -0.25) is 14.3 Å². The SMILES string of the molecule is CCc1ccc2c(c1)C=Cc1oc(C)nc1C2c1cn(Cc2nc(C(=O)O)co2)c(=O)[nH]c1=O. The van der Waals surface area contributed by atoms with Gasteiger partial charge in [0.25, 0.3) is 5.56 Å². The summed E-state index contributed by atoms with van der Waals surface area (Å²) in [7, 11) is 0. The Kier molecular flexibility index (Phi) is 5.12. The zero-order valence-corrected chi connectivity index (χ0v) is 18.4. The molecule has 1 aliphatic rings. The van der Waals surface area contributed by atoms with Crippen LogP contribution in [-0.2, 0) is 13.0 Å². The average molecular weight is 460 g/mol. The van der Waals surface area contributed by atoms with Gasteiger partial charge in [-0.25, -0.2) is 19.6 Å². The third-order valence-electron chi connectivity index (χ3n) is 5.77. The number of carboxylic acid groups (broad SMARTS) is 1. The molecule has 1 unspecified atom stereocenters.